The molecule has 6 rings (SSSR count). The van der Waals surface area contributed by atoms with Crippen molar-refractivity contribution in [2.24, 2.45) is 5.41 Å². The minimum absolute atomic E-state index is 0.173. The number of ether oxygens (including phenoxy) is 1. The van der Waals surface area contributed by atoms with Gasteiger partial charge in [-0.15, -0.1) is 13.2 Å². The molecule has 190 valence electrons. The number of hydrogen-bond donors (Lipinski definition) is 2. The molecular formula is C25H28F3N7O. The van der Waals surface area contributed by atoms with Crippen molar-refractivity contribution in [3.8, 4) is 5.75 Å². The van der Waals surface area contributed by atoms with E-state index in [1.165, 1.54) is 30.7 Å². The molecule has 1 aromatic carbocycles. The summed E-state index contributed by atoms with van der Waals surface area (Å²) in [5, 5.41) is 10.7. The molecule has 36 heavy (non-hydrogen) atoms. The first-order valence-electron chi connectivity index (χ1n) is 12.2. The molecule has 3 aromatic rings. The number of H-pyrrole nitrogens is 1. The van der Waals surface area contributed by atoms with E-state index in [2.05, 4.69) is 40.0 Å². The highest BCUT2D eigenvalue weighted by Crippen LogP contribution is 2.50. The molecule has 0 unspecified atom stereocenters. The molecule has 3 heterocycles. The lowest BCUT2D eigenvalue weighted by Gasteiger charge is -2.60. The van der Waals surface area contributed by atoms with Crippen LogP contribution in [0.5, 0.6) is 5.75 Å². The molecule has 1 spiro atoms. The number of halogens is 3. The van der Waals surface area contributed by atoms with Gasteiger partial charge in [-0.25, -0.2) is 4.98 Å². The molecule has 8 nitrogen and oxygen atoms in total. The Labute approximate surface area is 206 Å². The quantitative estimate of drug-likeness (QED) is 0.460. The Kier molecular flexibility index (Phi) is 5.55. The van der Waals surface area contributed by atoms with Gasteiger partial charge in [0.2, 0.25) is 5.95 Å². The van der Waals surface area contributed by atoms with Crippen molar-refractivity contribution in [2.45, 2.75) is 50.6 Å². The topological polar surface area (TPSA) is 82.2 Å². The van der Waals surface area contributed by atoms with Crippen molar-refractivity contribution in [1.82, 2.24) is 25.1 Å². The Morgan fingerprint density at radius 2 is 1.97 bits per heavy atom. The molecule has 2 N–H and O–H groups in total. The summed E-state index contributed by atoms with van der Waals surface area (Å²) in [6.07, 6.45) is 1.60. The van der Waals surface area contributed by atoms with Gasteiger partial charge in [-0.3, -0.25) is 10.00 Å². The molecule has 1 aliphatic heterocycles. The van der Waals surface area contributed by atoms with Gasteiger partial charge in [0.25, 0.3) is 0 Å². The Morgan fingerprint density at radius 1 is 1.17 bits per heavy atom. The van der Waals surface area contributed by atoms with Crippen LogP contribution >= 0.6 is 0 Å². The van der Waals surface area contributed by atoms with Crippen LogP contribution in [-0.2, 0) is 6.54 Å². The summed E-state index contributed by atoms with van der Waals surface area (Å²) in [6, 6.07) is 10.5. The van der Waals surface area contributed by atoms with Gasteiger partial charge >= 0.3 is 6.36 Å². The van der Waals surface area contributed by atoms with Crippen LogP contribution in [0.15, 0.2) is 42.6 Å². The van der Waals surface area contributed by atoms with Gasteiger partial charge < -0.3 is 15.0 Å². The molecule has 1 saturated heterocycles. The van der Waals surface area contributed by atoms with Gasteiger partial charge in [0.05, 0.1) is 0 Å². The van der Waals surface area contributed by atoms with Crippen LogP contribution in [0.2, 0.25) is 0 Å². The number of hydrogen-bond acceptors (Lipinski definition) is 7. The van der Waals surface area contributed by atoms with Crippen molar-refractivity contribution in [3.05, 3.63) is 53.9 Å². The van der Waals surface area contributed by atoms with Gasteiger partial charge in [-0.1, -0.05) is 12.1 Å². The lowest BCUT2D eigenvalue weighted by Crippen LogP contribution is -2.65. The number of nitrogens with zero attached hydrogens (tertiary/aromatic N) is 5. The third kappa shape index (κ3) is 4.97. The standard InChI is InChI=1S/C25H28F3N7O/c1-34(23-29-8-7-21(31-23)30-22-10-20(32-33-22)17-5-6-17)18-11-24(12-18)14-35(15-24)13-16-3-2-4-19(9-16)36-25(26,27)28/h2-4,7-10,17-18H,5-6,11-15H2,1H3,(H2,29,30,31,32,33). The highest BCUT2D eigenvalue weighted by molar-refractivity contribution is 5.54. The van der Waals surface area contributed by atoms with Crippen molar-refractivity contribution >= 4 is 17.6 Å². The fourth-order valence-electron chi connectivity index (χ4n) is 5.47. The van der Waals surface area contributed by atoms with Crippen LogP contribution in [-0.4, -0.2) is 57.6 Å². The normalized spacial score (nSPS) is 19.6. The van der Waals surface area contributed by atoms with Crippen LogP contribution in [0.25, 0.3) is 0 Å². The smallest absolute Gasteiger partial charge is 0.406 e. The molecule has 0 atom stereocenters. The molecule has 0 radical (unpaired) electrons. The number of anilines is 3. The number of aromatic nitrogens is 4. The molecule has 3 aliphatic rings. The molecule has 2 aliphatic carbocycles. The van der Waals surface area contributed by atoms with Crippen LogP contribution in [0.1, 0.15) is 42.9 Å². The maximum atomic E-state index is 12.5. The van der Waals surface area contributed by atoms with E-state index >= 15 is 0 Å². The zero-order valence-electron chi connectivity index (χ0n) is 19.9. The minimum atomic E-state index is -4.68. The second-order valence-corrected chi connectivity index (χ2v) is 10.4. The maximum absolute atomic E-state index is 12.5. The van der Waals surface area contributed by atoms with Crippen LogP contribution in [0.4, 0.5) is 30.8 Å². The minimum Gasteiger partial charge on any atom is -0.406 e. The second kappa shape index (κ2) is 8.65. The fraction of sp³-hybridized carbons (Fsp3) is 0.480. The van der Waals surface area contributed by atoms with E-state index in [0.29, 0.717) is 30.3 Å². The average Bonchev–Trinajstić information content (AvgIpc) is 3.52. The molecule has 0 bridgehead atoms. The predicted octanol–water partition coefficient (Wildman–Crippen LogP) is 4.82. The van der Waals surface area contributed by atoms with Crippen molar-refractivity contribution in [3.63, 3.8) is 0 Å². The maximum Gasteiger partial charge on any atom is 0.573 e. The third-order valence-corrected chi connectivity index (χ3v) is 7.37. The summed E-state index contributed by atoms with van der Waals surface area (Å²) in [6.45, 7) is 2.49. The van der Waals surface area contributed by atoms with Crippen molar-refractivity contribution < 1.29 is 17.9 Å². The first kappa shape index (κ1) is 23.1. The van der Waals surface area contributed by atoms with E-state index in [0.717, 1.165) is 37.3 Å². The van der Waals surface area contributed by atoms with Crippen LogP contribution < -0.4 is 15.0 Å². The highest BCUT2D eigenvalue weighted by atomic mass is 19.4. The van der Waals surface area contributed by atoms with Crippen LogP contribution in [0.3, 0.4) is 0 Å². The zero-order valence-corrected chi connectivity index (χ0v) is 19.9. The summed E-state index contributed by atoms with van der Waals surface area (Å²) in [4.78, 5) is 13.6. The summed E-state index contributed by atoms with van der Waals surface area (Å²) >= 11 is 0. The molecule has 0 amide bonds. The van der Waals surface area contributed by atoms with Gasteiger partial charge in [0.1, 0.15) is 11.6 Å². The summed E-state index contributed by atoms with van der Waals surface area (Å²) in [5.74, 6) is 2.59. The Morgan fingerprint density at radius 3 is 2.72 bits per heavy atom. The second-order valence-electron chi connectivity index (χ2n) is 10.4. The van der Waals surface area contributed by atoms with Crippen molar-refractivity contribution in [2.75, 3.05) is 30.4 Å². The average molecular weight is 500 g/mol. The summed E-state index contributed by atoms with van der Waals surface area (Å²) in [5.41, 5.74) is 2.25. The molecule has 2 aromatic heterocycles. The number of likely N-dealkylation sites (tertiary alicyclic amines) is 1. The molecule has 2 saturated carbocycles. The number of benzene rings is 1. The number of aromatic amines is 1. The SMILES string of the molecule is CN(c1nccc(Nc2cc(C3CC3)[nH]n2)n1)C1CC2(C1)CN(Cc1cccc(OC(F)(F)F)c1)C2. The molecule has 11 heteroatoms. The summed E-state index contributed by atoms with van der Waals surface area (Å²) in [7, 11) is 2.03. The Hall–Kier alpha value is -3.34. The third-order valence-electron chi connectivity index (χ3n) is 7.37. The largest absolute Gasteiger partial charge is 0.573 e. The first-order chi connectivity index (χ1) is 17.2. The van der Waals surface area contributed by atoms with Gasteiger partial charge in [-0.05, 0) is 54.9 Å². The monoisotopic (exact) mass is 499 g/mol. The number of nitrogens with one attached hydrogen (secondary N) is 2. The van der Waals surface area contributed by atoms with Gasteiger partial charge in [0.15, 0.2) is 5.82 Å². The Bertz CT molecular complexity index is 1230. The van der Waals surface area contributed by atoms with E-state index in [1.807, 2.05) is 25.2 Å². The lowest BCUT2D eigenvalue weighted by molar-refractivity contribution is -0.274. The lowest BCUT2D eigenvalue weighted by atomic mass is 9.60. The Balaban J connectivity index is 0.999. The van der Waals surface area contributed by atoms with E-state index < -0.39 is 6.36 Å². The van der Waals surface area contributed by atoms with Crippen molar-refractivity contribution in [1.29, 1.82) is 0 Å². The molecular weight excluding hydrogens is 471 g/mol. The first-order valence-corrected chi connectivity index (χ1v) is 12.2. The summed E-state index contributed by atoms with van der Waals surface area (Å²) < 4.78 is 41.5. The van der Waals surface area contributed by atoms with Crippen LogP contribution in [0, 0.1) is 5.41 Å². The highest BCUT2D eigenvalue weighted by Gasteiger charge is 2.53. The van der Waals surface area contributed by atoms with Gasteiger partial charge in [0, 0.05) is 56.6 Å². The van der Waals surface area contributed by atoms with E-state index in [1.54, 1.807) is 12.3 Å². The number of rotatable bonds is 8. The van der Waals surface area contributed by atoms with E-state index in [4.69, 9.17) is 0 Å². The van der Waals surface area contributed by atoms with E-state index in [9.17, 15) is 13.2 Å². The molecule has 3 fully saturated rings. The number of alkyl halides is 3. The van der Waals surface area contributed by atoms with Gasteiger partial charge in [-0.2, -0.15) is 10.1 Å². The predicted molar refractivity (Wildman–Crippen MR) is 128 cm³/mol. The fourth-order valence-corrected chi connectivity index (χ4v) is 5.47. The zero-order chi connectivity index (χ0) is 24.9. The van der Waals surface area contributed by atoms with E-state index in [-0.39, 0.29) is 11.2 Å².